The van der Waals surface area contributed by atoms with E-state index in [1.807, 2.05) is 0 Å². The first-order valence-electron chi connectivity index (χ1n) is 5.88. The van der Waals surface area contributed by atoms with E-state index >= 15 is 0 Å². The topological polar surface area (TPSA) is 80.9 Å². The van der Waals surface area contributed by atoms with Crippen LogP contribution < -0.4 is 0 Å². The molecule has 0 aliphatic rings. The van der Waals surface area contributed by atoms with Gasteiger partial charge in [0, 0.05) is 10.0 Å². The third kappa shape index (κ3) is 2.43. The van der Waals surface area contributed by atoms with Crippen molar-refractivity contribution in [1.29, 1.82) is 0 Å². The van der Waals surface area contributed by atoms with Crippen LogP contribution in [-0.4, -0.2) is 31.3 Å². The molecule has 1 atom stereocenters. The van der Waals surface area contributed by atoms with Gasteiger partial charge in [-0.25, -0.2) is 9.48 Å². The van der Waals surface area contributed by atoms with Gasteiger partial charge in [0.15, 0.2) is 11.4 Å². The van der Waals surface area contributed by atoms with E-state index in [1.54, 1.807) is 32.0 Å². The highest BCUT2D eigenvalue weighted by molar-refractivity contribution is 9.10. The summed E-state index contributed by atoms with van der Waals surface area (Å²) in [6, 6.07) is 5.19. The van der Waals surface area contributed by atoms with E-state index in [9.17, 15) is 9.90 Å². The summed E-state index contributed by atoms with van der Waals surface area (Å²) >= 11 is 9.28. The molecule has 0 aliphatic carbocycles. The van der Waals surface area contributed by atoms with Crippen LogP contribution >= 0.6 is 27.5 Å². The maximum absolute atomic E-state index is 11.5. The Kier molecular flexibility index (Phi) is 4.10. The number of rotatable bonds is 4. The average molecular weight is 360 g/mol. The zero-order valence-corrected chi connectivity index (χ0v) is 13.2. The largest absolute Gasteiger partial charge is 0.479 e. The molecule has 1 aromatic carbocycles. The summed E-state index contributed by atoms with van der Waals surface area (Å²) in [7, 11) is 0. The predicted molar refractivity (Wildman–Crippen MR) is 77.5 cm³/mol. The minimum Gasteiger partial charge on any atom is -0.479 e. The molecular weight excluding hydrogens is 348 g/mol. The molecule has 6 nitrogen and oxygen atoms in total. The SMILES string of the molecule is CCC(C)(C(=O)O)n1nnnc1-c1ccc(Cl)c(Br)c1. The van der Waals surface area contributed by atoms with Gasteiger partial charge in [-0.2, -0.15) is 0 Å². The van der Waals surface area contributed by atoms with Gasteiger partial charge in [0.25, 0.3) is 0 Å². The van der Waals surface area contributed by atoms with Gasteiger partial charge < -0.3 is 5.11 Å². The summed E-state index contributed by atoms with van der Waals surface area (Å²) in [6.45, 7) is 3.36. The lowest BCUT2D eigenvalue weighted by Crippen LogP contribution is -2.39. The minimum absolute atomic E-state index is 0.356. The number of benzene rings is 1. The van der Waals surface area contributed by atoms with E-state index in [0.717, 1.165) is 0 Å². The number of aliphatic carboxylic acids is 1. The van der Waals surface area contributed by atoms with E-state index in [1.165, 1.54) is 4.68 Å². The van der Waals surface area contributed by atoms with E-state index in [2.05, 4.69) is 31.5 Å². The highest BCUT2D eigenvalue weighted by Gasteiger charge is 2.37. The molecule has 0 spiro atoms. The number of tetrazole rings is 1. The van der Waals surface area contributed by atoms with Gasteiger partial charge in [-0.05, 0) is 57.9 Å². The molecule has 2 rings (SSSR count). The third-order valence-electron chi connectivity index (χ3n) is 3.26. The molecule has 0 radical (unpaired) electrons. The second-order valence-electron chi connectivity index (χ2n) is 4.48. The lowest BCUT2D eigenvalue weighted by molar-refractivity contribution is -0.147. The lowest BCUT2D eigenvalue weighted by atomic mass is 9.99. The smallest absolute Gasteiger partial charge is 0.331 e. The Morgan fingerprint density at radius 2 is 2.25 bits per heavy atom. The molecule has 1 N–H and O–H groups in total. The minimum atomic E-state index is -1.20. The molecule has 0 saturated heterocycles. The van der Waals surface area contributed by atoms with Gasteiger partial charge in [0.05, 0.1) is 5.02 Å². The predicted octanol–water partition coefficient (Wildman–Crippen LogP) is 2.97. The van der Waals surface area contributed by atoms with Crippen LogP contribution in [0, 0.1) is 0 Å². The molecule has 1 unspecified atom stereocenters. The second kappa shape index (κ2) is 5.49. The van der Waals surface area contributed by atoms with Crippen molar-refractivity contribution < 1.29 is 9.90 Å². The van der Waals surface area contributed by atoms with Crippen molar-refractivity contribution in [3.05, 3.63) is 27.7 Å². The van der Waals surface area contributed by atoms with Crippen LogP contribution in [-0.2, 0) is 10.3 Å². The lowest BCUT2D eigenvalue weighted by Gasteiger charge is -2.24. The molecule has 0 saturated carbocycles. The second-order valence-corrected chi connectivity index (χ2v) is 5.74. The Hall–Kier alpha value is -1.47. The Labute approximate surface area is 128 Å². The number of hydrogen-bond acceptors (Lipinski definition) is 4. The maximum Gasteiger partial charge on any atom is 0.331 e. The average Bonchev–Trinajstić information content (AvgIpc) is 2.90. The summed E-state index contributed by atoms with van der Waals surface area (Å²) in [6.07, 6.45) is 0.356. The summed E-state index contributed by atoms with van der Waals surface area (Å²) in [5.41, 5.74) is -0.516. The molecule has 20 heavy (non-hydrogen) atoms. The van der Waals surface area contributed by atoms with Crippen molar-refractivity contribution in [2.75, 3.05) is 0 Å². The van der Waals surface area contributed by atoms with E-state index in [0.29, 0.717) is 27.3 Å². The fourth-order valence-electron chi connectivity index (χ4n) is 1.73. The molecule has 0 fully saturated rings. The van der Waals surface area contributed by atoms with Crippen molar-refractivity contribution in [3.8, 4) is 11.4 Å². The molecule has 1 aromatic heterocycles. The standard InChI is InChI=1S/C12H12BrClN4O2/c1-3-12(2,11(19)20)18-10(15-16-17-18)7-4-5-9(14)8(13)6-7/h4-6H,3H2,1-2H3,(H,19,20). The Balaban J connectivity index is 2.58. The zero-order chi connectivity index (χ0) is 14.9. The molecule has 0 bridgehead atoms. The molecule has 1 heterocycles. The summed E-state index contributed by atoms with van der Waals surface area (Å²) in [5, 5.41) is 21.3. The first kappa shape index (κ1) is 14.9. The highest BCUT2D eigenvalue weighted by atomic mass is 79.9. The fourth-order valence-corrected chi connectivity index (χ4v) is 2.22. The molecular formula is C12H12BrClN4O2. The van der Waals surface area contributed by atoms with Crippen LogP contribution in [0.4, 0.5) is 0 Å². The van der Waals surface area contributed by atoms with Crippen molar-refractivity contribution in [2.24, 2.45) is 0 Å². The van der Waals surface area contributed by atoms with Crippen LogP contribution in [0.5, 0.6) is 0 Å². The first-order chi connectivity index (χ1) is 9.40. The van der Waals surface area contributed by atoms with Crippen molar-refractivity contribution in [3.63, 3.8) is 0 Å². The molecule has 8 heteroatoms. The highest BCUT2D eigenvalue weighted by Crippen LogP contribution is 2.30. The molecule has 2 aromatic rings. The first-order valence-corrected chi connectivity index (χ1v) is 7.05. The number of carboxylic acid groups (broad SMARTS) is 1. The summed E-state index contributed by atoms with van der Waals surface area (Å²) in [4.78, 5) is 11.5. The number of hydrogen-bond donors (Lipinski definition) is 1. The molecule has 106 valence electrons. The normalized spacial score (nSPS) is 14.0. The van der Waals surface area contributed by atoms with E-state index in [4.69, 9.17) is 11.6 Å². The number of halogens is 2. The third-order valence-corrected chi connectivity index (χ3v) is 4.48. The quantitative estimate of drug-likeness (QED) is 0.907. The van der Waals surface area contributed by atoms with Crippen LogP contribution in [0.2, 0.25) is 5.02 Å². The number of carboxylic acids is 1. The molecule has 0 aliphatic heterocycles. The summed E-state index contributed by atoms with van der Waals surface area (Å²) < 4.78 is 2.02. The van der Waals surface area contributed by atoms with E-state index in [-0.39, 0.29) is 0 Å². The maximum atomic E-state index is 11.5. The van der Waals surface area contributed by atoms with Crippen molar-refractivity contribution in [2.45, 2.75) is 25.8 Å². The van der Waals surface area contributed by atoms with Gasteiger partial charge >= 0.3 is 5.97 Å². The van der Waals surface area contributed by atoms with Crippen LogP contribution in [0.25, 0.3) is 11.4 Å². The Morgan fingerprint density at radius 3 is 2.80 bits per heavy atom. The number of nitrogens with zero attached hydrogens (tertiary/aromatic N) is 4. The van der Waals surface area contributed by atoms with Crippen LogP contribution in [0.3, 0.4) is 0 Å². The van der Waals surface area contributed by atoms with Gasteiger partial charge in [-0.15, -0.1) is 5.10 Å². The van der Waals surface area contributed by atoms with E-state index < -0.39 is 11.5 Å². The molecule has 0 amide bonds. The number of carbonyl (C=O) groups is 1. The van der Waals surface area contributed by atoms with Crippen LogP contribution in [0.1, 0.15) is 20.3 Å². The monoisotopic (exact) mass is 358 g/mol. The summed E-state index contributed by atoms with van der Waals surface area (Å²) in [5.74, 6) is -0.601. The van der Waals surface area contributed by atoms with Crippen LogP contribution in [0.15, 0.2) is 22.7 Å². The van der Waals surface area contributed by atoms with Gasteiger partial charge in [-0.3, -0.25) is 0 Å². The van der Waals surface area contributed by atoms with Crippen molar-refractivity contribution in [1.82, 2.24) is 20.2 Å². The Bertz CT molecular complexity index is 661. The van der Waals surface area contributed by atoms with Gasteiger partial charge in [-0.1, -0.05) is 18.5 Å². The van der Waals surface area contributed by atoms with Gasteiger partial charge in [0.1, 0.15) is 0 Å². The van der Waals surface area contributed by atoms with Gasteiger partial charge in [0.2, 0.25) is 0 Å². The number of aromatic nitrogens is 4. The zero-order valence-electron chi connectivity index (χ0n) is 10.8. The Morgan fingerprint density at radius 1 is 1.55 bits per heavy atom. The van der Waals surface area contributed by atoms with Crippen molar-refractivity contribution >= 4 is 33.5 Å². The fraction of sp³-hybridized carbons (Fsp3) is 0.333.